The molecule has 1 aliphatic rings. The molecule has 0 aliphatic carbocycles. The summed E-state index contributed by atoms with van der Waals surface area (Å²) >= 11 is 1.76. The van der Waals surface area contributed by atoms with Gasteiger partial charge in [-0.15, -0.1) is 18.3 Å². The highest BCUT2D eigenvalue weighted by molar-refractivity contribution is 7.99. The Morgan fingerprint density at radius 1 is 1.67 bits per heavy atom. The molecule has 4 heteroatoms. The normalized spacial score (nSPS) is 21.5. The number of nitrogens with zero attached hydrogens (tertiary/aromatic N) is 1. The van der Waals surface area contributed by atoms with E-state index in [1.807, 2.05) is 26.8 Å². The zero-order valence-electron chi connectivity index (χ0n) is 9.66. The van der Waals surface area contributed by atoms with Crippen molar-refractivity contribution >= 4 is 17.9 Å². The minimum Gasteiger partial charge on any atom is -0.444 e. The Bertz CT molecular complexity index is 247. The van der Waals surface area contributed by atoms with E-state index < -0.39 is 5.60 Å². The molecule has 0 bridgehead atoms. The van der Waals surface area contributed by atoms with Gasteiger partial charge in [0.05, 0.1) is 5.88 Å². The molecule has 1 aliphatic heterocycles. The molecule has 86 valence electrons. The van der Waals surface area contributed by atoms with E-state index in [1.54, 1.807) is 16.7 Å². The van der Waals surface area contributed by atoms with Gasteiger partial charge in [0.2, 0.25) is 0 Å². The molecule has 1 amide bonds. The third-order valence-corrected chi connectivity index (χ3v) is 3.13. The molecule has 0 saturated carbocycles. The van der Waals surface area contributed by atoms with Crippen LogP contribution in [0.4, 0.5) is 4.79 Å². The van der Waals surface area contributed by atoms with E-state index in [0.29, 0.717) is 0 Å². The van der Waals surface area contributed by atoms with Gasteiger partial charge < -0.3 is 4.74 Å². The van der Waals surface area contributed by atoms with Gasteiger partial charge >= 0.3 is 6.09 Å². The number of carbonyl (C=O) groups is 1. The van der Waals surface area contributed by atoms with Gasteiger partial charge in [-0.3, -0.25) is 4.90 Å². The van der Waals surface area contributed by atoms with Gasteiger partial charge in [0.1, 0.15) is 5.60 Å². The summed E-state index contributed by atoms with van der Waals surface area (Å²) in [6.45, 7) is 9.36. The topological polar surface area (TPSA) is 29.5 Å². The first-order valence-corrected chi connectivity index (χ1v) is 6.28. The molecule has 0 unspecified atom stereocenters. The van der Waals surface area contributed by atoms with Crippen molar-refractivity contribution in [3.05, 3.63) is 12.7 Å². The second kappa shape index (κ2) is 4.92. The Morgan fingerprint density at radius 2 is 2.33 bits per heavy atom. The quantitative estimate of drug-likeness (QED) is 0.682. The zero-order valence-corrected chi connectivity index (χ0v) is 10.5. The largest absolute Gasteiger partial charge is 0.444 e. The summed E-state index contributed by atoms with van der Waals surface area (Å²) in [6, 6.07) is 0.252. The SMILES string of the molecule is C=CC[C@@H]1CSCN1C(=O)OC(C)(C)C. The van der Waals surface area contributed by atoms with E-state index in [-0.39, 0.29) is 12.1 Å². The van der Waals surface area contributed by atoms with E-state index in [0.717, 1.165) is 18.1 Å². The number of hydrogen-bond donors (Lipinski definition) is 0. The second-order valence-electron chi connectivity index (χ2n) is 4.63. The van der Waals surface area contributed by atoms with Crippen LogP contribution < -0.4 is 0 Å². The van der Waals surface area contributed by atoms with Crippen molar-refractivity contribution in [1.82, 2.24) is 4.90 Å². The third-order valence-electron chi connectivity index (χ3n) is 2.05. The molecule has 15 heavy (non-hydrogen) atoms. The molecule has 1 rings (SSSR count). The first-order valence-electron chi connectivity index (χ1n) is 5.12. The molecule has 0 aromatic heterocycles. The predicted octanol–water partition coefficient (Wildman–Crippen LogP) is 2.87. The predicted molar refractivity (Wildman–Crippen MR) is 64.0 cm³/mol. The van der Waals surface area contributed by atoms with Crippen LogP contribution in [-0.2, 0) is 4.74 Å². The lowest BCUT2D eigenvalue weighted by Gasteiger charge is -2.27. The van der Waals surface area contributed by atoms with Gasteiger partial charge in [-0.1, -0.05) is 6.08 Å². The summed E-state index contributed by atoms with van der Waals surface area (Å²) in [5.41, 5.74) is -0.414. The molecule has 0 spiro atoms. The zero-order chi connectivity index (χ0) is 11.5. The maximum Gasteiger partial charge on any atom is 0.411 e. The fraction of sp³-hybridized carbons (Fsp3) is 0.727. The summed E-state index contributed by atoms with van der Waals surface area (Å²) in [4.78, 5) is 13.6. The Labute approximate surface area is 95.9 Å². The first kappa shape index (κ1) is 12.4. The molecule has 1 atom stereocenters. The minimum absolute atomic E-state index is 0.209. The highest BCUT2D eigenvalue weighted by atomic mass is 32.2. The van der Waals surface area contributed by atoms with Gasteiger partial charge in [-0.25, -0.2) is 4.79 Å². The van der Waals surface area contributed by atoms with Crippen molar-refractivity contribution in [2.75, 3.05) is 11.6 Å². The lowest BCUT2D eigenvalue weighted by atomic mass is 10.2. The van der Waals surface area contributed by atoms with Gasteiger partial charge in [0.15, 0.2) is 0 Å². The van der Waals surface area contributed by atoms with E-state index in [9.17, 15) is 4.79 Å². The van der Waals surface area contributed by atoms with Gasteiger partial charge in [-0.2, -0.15) is 0 Å². The van der Waals surface area contributed by atoms with Gasteiger partial charge in [-0.05, 0) is 27.2 Å². The van der Waals surface area contributed by atoms with E-state index in [1.165, 1.54) is 0 Å². The maximum atomic E-state index is 11.8. The lowest BCUT2D eigenvalue weighted by Crippen LogP contribution is -2.40. The number of ether oxygens (including phenoxy) is 1. The minimum atomic E-state index is -0.414. The van der Waals surface area contributed by atoms with Crippen LogP contribution >= 0.6 is 11.8 Å². The van der Waals surface area contributed by atoms with Crippen molar-refractivity contribution in [1.29, 1.82) is 0 Å². The monoisotopic (exact) mass is 229 g/mol. The number of amides is 1. The Hall–Kier alpha value is -0.640. The summed E-state index contributed by atoms with van der Waals surface area (Å²) < 4.78 is 5.34. The third kappa shape index (κ3) is 3.78. The highest BCUT2D eigenvalue weighted by Gasteiger charge is 2.31. The van der Waals surface area contributed by atoms with E-state index in [2.05, 4.69) is 6.58 Å². The number of rotatable bonds is 2. The van der Waals surface area contributed by atoms with Crippen molar-refractivity contribution in [3.8, 4) is 0 Å². The van der Waals surface area contributed by atoms with Crippen LogP contribution in [0.3, 0.4) is 0 Å². The van der Waals surface area contributed by atoms with Gasteiger partial charge in [0, 0.05) is 11.8 Å². The van der Waals surface area contributed by atoms with Crippen LogP contribution in [0.25, 0.3) is 0 Å². The second-order valence-corrected chi connectivity index (χ2v) is 5.63. The Morgan fingerprint density at radius 3 is 2.87 bits per heavy atom. The van der Waals surface area contributed by atoms with Crippen molar-refractivity contribution < 1.29 is 9.53 Å². The summed E-state index contributed by atoms with van der Waals surface area (Å²) in [6.07, 6.45) is 2.49. The Balaban J connectivity index is 2.54. The number of hydrogen-bond acceptors (Lipinski definition) is 3. The molecule has 0 aromatic carbocycles. The fourth-order valence-corrected chi connectivity index (χ4v) is 2.60. The molecule has 0 radical (unpaired) electrons. The van der Waals surface area contributed by atoms with Crippen LogP contribution in [0.2, 0.25) is 0 Å². The van der Waals surface area contributed by atoms with Crippen molar-refractivity contribution in [2.45, 2.75) is 38.8 Å². The summed E-state index contributed by atoms with van der Waals surface area (Å²) in [7, 11) is 0. The summed E-state index contributed by atoms with van der Waals surface area (Å²) in [5.74, 6) is 1.71. The van der Waals surface area contributed by atoms with E-state index >= 15 is 0 Å². The van der Waals surface area contributed by atoms with Crippen LogP contribution in [0, 0.1) is 0 Å². The first-order chi connectivity index (χ1) is 6.94. The molecule has 1 fully saturated rings. The van der Waals surface area contributed by atoms with Crippen LogP contribution in [0.1, 0.15) is 27.2 Å². The van der Waals surface area contributed by atoms with E-state index in [4.69, 9.17) is 4.74 Å². The van der Waals surface area contributed by atoms with Crippen LogP contribution in [0.15, 0.2) is 12.7 Å². The molecule has 3 nitrogen and oxygen atoms in total. The number of carbonyl (C=O) groups excluding carboxylic acids is 1. The van der Waals surface area contributed by atoms with Crippen molar-refractivity contribution in [2.24, 2.45) is 0 Å². The number of thioether (sulfide) groups is 1. The fourth-order valence-electron chi connectivity index (χ4n) is 1.39. The van der Waals surface area contributed by atoms with Gasteiger partial charge in [0.25, 0.3) is 0 Å². The average molecular weight is 229 g/mol. The van der Waals surface area contributed by atoms with Crippen LogP contribution in [0.5, 0.6) is 0 Å². The molecule has 1 heterocycles. The molecular weight excluding hydrogens is 210 g/mol. The summed E-state index contributed by atoms with van der Waals surface area (Å²) in [5, 5.41) is 0. The highest BCUT2D eigenvalue weighted by Crippen LogP contribution is 2.25. The lowest BCUT2D eigenvalue weighted by molar-refractivity contribution is 0.0242. The smallest absolute Gasteiger partial charge is 0.411 e. The molecule has 0 aromatic rings. The Kier molecular flexibility index (Phi) is 4.08. The maximum absolute atomic E-state index is 11.8. The molecule has 0 N–H and O–H groups in total. The molecular formula is C11H19NO2S. The average Bonchev–Trinajstić information content (AvgIpc) is 2.49. The van der Waals surface area contributed by atoms with Crippen LogP contribution in [-0.4, -0.2) is 34.3 Å². The van der Waals surface area contributed by atoms with Crippen molar-refractivity contribution in [3.63, 3.8) is 0 Å². The molecule has 1 saturated heterocycles. The standard InChI is InChI=1S/C11H19NO2S/c1-5-6-9-7-15-8-12(9)10(13)14-11(2,3)4/h5,9H,1,6-8H2,2-4H3/t9-/m1/s1.